The van der Waals surface area contributed by atoms with Crippen molar-refractivity contribution in [3.8, 4) is 0 Å². The summed E-state index contributed by atoms with van der Waals surface area (Å²) in [6.45, 7) is 3.19. The van der Waals surface area contributed by atoms with Gasteiger partial charge in [0, 0.05) is 0 Å². The lowest BCUT2D eigenvalue weighted by Gasteiger charge is -1.97. The van der Waals surface area contributed by atoms with E-state index in [2.05, 4.69) is 20.7 Å². The highest BCUT2D eigenvalue weighted by atomic mass is 16.3. The van der Waals surface area contributed by atoms with Gasteiger partial charge in [-0.1, -0.05) is 0 Å². The van der Waals surface area contributed by atoms with E-state index < -0.39 is 0 Å². The van der Waals surface area contributed by atoms with Crippen molar-refractivity contribution in [3.63, 3.8) is 0 Å². The molecule has 0 amide bonds. The fourth-order valence-corrected chi connectivity index (χ4v) is 1.27. The molecule has 0 fully saturated rings. The monoisotopic (exact) mass is 207 g/mol. The van der Waals surface area contributed by atoms with Crippen LogP contribution in [0.25, 0.3) is 0 Å². The third-order valence-corrected chi connectivity index (χ3v) is 1.93. The Kier molecular flexibility index (Phi) is 2.77. The third kappa shape index (κ3) is 2.63. The molecule has 0 aromatic carbocycles. The molecule has 80 valence electrons. The van der Waals surface area contributed by atoms with Gasteiger partial charge in [0.1, 0.15) is 11.5 Å². The van der Waals surface area contributed by atoms with E-state index in [1.54, 1.807) is 7.05 Å². The van der Waals surface area contributed by atoms with Crippen molar-refractivity contribution in [1.82, 2.24) is 25.5 Å². The number of aromatic nitrogens is 4. The van der Waals surface area contributed by atoms with Crippen molar-refractivity contribution < 1.29 is 4.42 Å². The van der Waals surface area contributed by atoms with Gasteiger partial charge in [-0.2, -0.15) is 4.80 Å². The highest BCUT2D eigenvalue weighted by Crippen LogP contribution is 2.05. The summed E-state index contributed by atoms with van der Waals surface area (Å²) < 4.78 is 5.40. The van der Waals surface area contributed by atoms with E-state index in [1.165, 1.54) is 4.80 Å². The maximum atomic E-state index is 5.40. The summed E-state index contributed by atoms with van der Waals surface area (Å²) in [6.07, 6.45) is 0. The van der Waals surface area contributed by atoms with E-state index >= 15 is 0 Å². The lowest BCUT2D eigenvalue weighted by Crippen LogP contribution is -2.13. The first-order chi connectivity index (χ1) is 7.24. The van der Waals surface area contributed by atoms with Crippen molar-refractivity contribution in [1.29, 1.82) is 0 Å². The van der Waals surface area contributed by atoms with Crippen LogP contribution in [-0.2, 0) is 20.1 Å². The highest BCUT2D eigenvalue weighted by Gasteiger charge is 2.01. The van der Waals surface area contributed by atoms with Crippen molar-refractivity contribution in [2.75, 3.05) is 0 Å². The maximum absolute atomic E-state index is 5.40. The highest BCUT2D eigenvalue weighted by molar-refractivity contribution is 5.05. The van der Waals surface area contributed by atoms with E-state index in [1.807, 2.05) is 19.1 Å². The first-order valence-electron chi connectivity index (χ1n) is 4.73. The topological polar surface area (TPSA) is 68.8 Å². The zero-order valence-corrected chi connectivity index (χ0v) is 8.77. The predicted octanol–water partition coefficient (Wildman–Crippen LogP) is 0.401. The smallest absolute Gasteiger partial charge is 0.188 e. The first kappa shape index (κ1) is 9.85. The molecule has 0 saturated carbocycles. The zero-order valence-electron chi connectivity index (χ0n) is 8.77. The average Bonchev–Trinajstić information content (AvgIpc) is 2.76. The van der Waals surface area contributed by atoms with Crippen LogP contribution in [0.3, 0.4) is 0 Å². The van der Waals surface area contributed by atoms with Crippen LogP contribution in [0.4, 0.5) is 0 Å². The number of hydrogen-bond donors (Lipinski definition) is 1. The second-order valence-electron chi connectivity index (χ2n) is 3.31. The Morgan fingerprint density at radius 1 is 1.40 bits per heavy atom. The summed E-state index contributed by atoms with van der Waals surface area (Å²) >= 11 is 0. The molecule has 0 radical (unpaired) electrons. The Labute approximate surface area is 87.3 Å². The molecule has 2 aromatic rings. The number of tetrazole rings is 1. The van der Waals surface area contributed by atoms with Crippen molar-refractivity contribution in [2.24, 2.45) is 7.05 Å². The van der Waals surface area contributed by atoms with Gasteiger partial charge < -0.3 is 9.73 Å². The SMILES string of the molecule is Cc1ccc(CNCc2nnn(C)n2)o1. The molecule has 2 rings (SSSR count). The molecule has 6 heteroatoms. The Morgan fingerprint density at radius 3 is 2.87 bits per heavy atom. The number of furan rings is 1. The van der Waals surface area contributed by atoms with Crippen LogP contribution in [0.1, 0.15) is 17.3 Å². The molecule has 0 saturated heterocycles. The largest absolute Gasteiger partial charge is 0.465 e. The first-order valence-corrected chi connectivity index (χ1v) is 4.73. The number of rotatable bonds is 4. The molecule has 1 N–H and O–H groups in total. The molecule has 0 aliphatic carbocycles. The van der Waals surface area contributed by atoms with Crippen LogP contribution in [0, 0.1) is 6.92 Å². The second-order valence-corrected chi connectivity index (χ2v) is 3.31. The number of hydrogen-bond acceptors (Lipinski definition) is 5. The minimum Gasteiger partial charge on any atom is -0.465 e. The molecule has 2 heterocycles. The van der Waals surface area contributed by atoms with Crippen molar-refractivity contribution in [2.45, 2.75) is 20.0 Å². The molecule has 0 spiro atoms. The minimum absolute atomic E-state index is 0.591. The van der Waals surface area contributed by atoms with E-state index in [-0.39, 0.29) is 0 Å². The van der Waals surface area contributed by atoms with Gasteiger partial charge in [-0.15, -0.1) is 10.2 Å². The Bertz CT molecular complexity index is 393. The van der Waals surface area contributed by atoms with Gasteiger partial charge in [0.25, 0.3) is 0 Å². The average molecular weight is 207 g/mol. The summed E-state index contributed by atoms with van der Waals surface area (Å²) in [5.41, 5.74) is 0. The van der Waals surface area contributed by atoms with E-state index in [0.717, 1.165) is 11.5 Å². The molecular formula is C9H13N5O. The van der Waals surface area contributed by atoms with Crippen LogP contribution >= 0.6 is 0 Å². The summed E-state index contributed by atoms with van der Waals surface area (Å²) in [5, 5.41) is 14.8. The molecule has 2 aromatic heterocycles. The zero-order chi connectivity index (χ0) is 10.7. The Morgan fingerprint density at radius 2 is 2.27 bits per heavy atom. The molecule has 0 bridgehead atoms. The normalized spacial score (nSPS) is 10.8. The fraction of sp³-hybridized carbons (Fsp3) is 0.444. The van der Waals surface area contributed by atoms with E-state index in [0.29, 0.717) is 18.9 Å². The fourth-order valence-electron chi connectivity index (χ4n) is 1.27. The third-order valence-electron chi connectivity index (χ3n) is 1.93. The second kappa shape index (κ2) is 4.22. The summed E-state index contributed by atoms with van der Waals surface area (Å²) in [4.78, 5) is 1.44. The van der Waals surface area contributed by atoms with Crippen molar-refractivity contribution >= 4 is 0 Å². The Hall–Kier alpha value is -1.69. The maximum Gasteiger partial charge on any atom is 0.188 e. The Balaban J connectivity index is 1.80. The van der Waals surface area contributed by atoms with Gasteiger partial charge >= 0.3 is 0 Å². The minimum atomic E-state index is 0.591. The van der Waals surface area contributed by atoms with Gasteiger partial charge in [0.05, 0.1) is 20.1 Å². The molecule has 15 heavy (non-hydrogen) atoms. The molecule has 0 aliphatic heterocycles. The van der Waals surface area contributed by atoms with Gasteiger partial charge in [-0.3, -0.25) is 0 Å². The van der Waals surface area contributed by atoms with Crippen LogP contribution in [0.5, 0.6) is 0 Å². The van der Waals surface area contributed by atoms with Crippen molar-refractivity contribution in [3.05, 3.63) is 29.5 Å². The van der Waals surface area contributed by atoms with E-state index in [4.69, 9.17) is 4.42 Å². The molecule has 0 atom stereocenters. The lowest BCUT2D eigenvalue weighted by molar-refractivity contribution is 0.459. The predicted molar refractivity (Wildman–Crippen MR) is 52.8 cm³/mol. The van der Waals surface area contributed by atoms with Crippen LogP contribution in [0.2, 0.25) is 0 Å². The summed E-state index contributed by atoms with van der Waals surface area (Å²) in [6, 6.07) is 3.89. The number of nitrogens with one attached hydrogen (secondary N) is 1. The van der Waals surface area contributed by atoms with Crippen LogP contribution in [-0.4, -0.2) is 20.2 Å². The summed E-state index contributed by atoms with van der Waals surface area (Å²) in [5.74, 6) is 2.52. The van der Waals surface area contributed by atoms with Gasteiger partial charge in [-0.25, -0.2) is 0 Å². The molecular weight excluding hydrogens is 194 g/mol. The molecule has 6 nitrogen and oxygen atoms in total. The van der Waals surface area contributed by atoms with Gasteiger partial charge in [0.15, 0.2) is 5.82 Å². The quantitative estimate of drug-likeness (QED) is 0.786. The standard InChI is InChI=1S/C9H13N5O/c1-7-3-4-8(15-7)5-10-6-9-11-13-14(2)12-9/h3-4,10H,5-6H2,1-2H3. The van der Waals surface area contributed by atoms with Crippen LogP contribution < -0.4 is 5.32 Å². The van der Waals surface area contributed by atoms with E-state index in [9.17, 15) is 0 Å². The number of aryl methyl sites for hydroxylation is 2. The van der Waals surface area contributed by atoms with Gasteiger partial charge in [-0.05, 0) is 24.3 Å². The molecule has 0 aliphatic rings. The lowest BCUT2D eigenvalue weighted by atomic mass is 10.4. The van der Waals surface area contributed by atoms with Gasteiger partial charge in [0.2, 0.25) is 0 Å². The van der Waals surface area contributed by atoms with Crippen LogP contribution in [0.15, 0.2) is 16.5 Å². The number of nitrogens with zero attached hydrogens (tertiary/aromatic N) is 4. The summed E-state index contributed by atoms with van der Waals surface area (Å²) in [7, 11) is 1.74. The molecule has 0 unspecified atom stereocenters.